The average Bonchev–Trinajstić information content (AvgIpc) is 2.25. The van der Waals surface area contributed by atoms with Crippen LogP contribution in [-0.2, 0) is 4.74 Å². The number of ether oxygens (including phenoxy) is 1. The Labute approximate surface area is 111 Å². The molecule has 1 aliphatic heterocycles. The van der Waals surface area contributed by atoms with E-state index in [1.165, 1.54) is 0 Å². The SMILES string of the molecule is CC(C)(C)OC(=O)N1CCSc2ccc(N)cc21. The van der Waals surface area contributed by atoms with E-state index < -0.39 is 5.60 Å². The van der Waals surface area contributed by atoms with Crippen molar-refractivity contribution < 1.29 is 9.53 Å². The number of nitrogens with zero attached hydrogens (tertiary/aromatic N) is 1. The molecule has 1 amide bonds. The monoisotopic (exact) mass is 266 g/mol. The van der Waals surface area contributed by atoms with Crippen LogP contribution in [0.5, 0.6) is 0 Å². The van der Waals surface area contributed by atoms with E-state index in [9.17, 15) is 4.79 Å². The fourth-order valence-corrected chi connectivity index (χ4v) is 2.72. The summed E-state index contributed by atoms with van der Waals surface area (Å²) in [5.74, 6) is 0.871. The number of anilines is 2. The van der Waals surface area contributed by atoms with Crippen LogP contribution < -0.4 is 10.6 Å². The third-order valence-corrected chi connectivity index (χ3v) is 3.50. The van der Waals surface area contributed by atoms with Gasteiger partial charge in [0.1, 0.15) is 5.60 Å². The van der Waals surface area contributed by atoms with Crippen LogP contribution in [0.25, 0.3) is 0 Å². The Morgan fingerprint density at radius 1 is 1.44 bits per heavy atom. The number of benzene rings is 1. The van der Waals surface area contributed by atoms with E-state index in [0.29, 0.717) is 12.2 Å². The number of amides is 1. The third kappa shape index (κ3) is 2.90. The molecule has 0 spiro atoms. The molecule has 98 valence electrons. The molecule has 1 aliphatic rings. The van der Waals surface area contributed by atoms with Crippen LogP contribution in [0.15, 0.2) is 23.1 Å². The highest BCUT2D eigenvalue weighted by Gasteiger charge is 2.27. The van der Waals surface area contributed by atoms with Crippen molar-refractivity contribution in [2.24, 2.45) is 0 Å². The quantitative estimate of drug-likeness (QED) is 0.733. The van der Waals surface area contributed by atoms with Crippen molar-refractivity contribution in [2.45, 2.75) is 31.3 Å². The van der Waals surface area contributed by atoms with Crippen molar-refractivity contribution in [2.75, 3.05) is 22.9 Å². The fourth-order valence-electron chi connectivity index (χ4n) is 1.74. The van der Waals surface area contributed by atoms with Crippen molar-refractivity contribution in [3.63, 3.8) is 0 Å². The van der Waals surface area contributed by atoms with E-state index in [1.807, 2.05) is 39.0 Å². The lowest BCUT2D eigenvalue weighted by molar-refractivity contribution is 0.0581. The van der Waals surface area contributed by atoms with Gasteiger partial charge in [0, 0.05) is 22.9 Å². The number of rotatable bonds is 0. The summed E-state index contributed by atoms with van der Waals surface area (Å²) in [6, 6.07) is 5.63. The summed E-state index contributed by atoms with van der Waals surface area (Å²) in [5.41, 5.74) is 6.80. The van der Waals surface area contributed by atoms with Gasteiger partial charge >= 0.3 is 6.09 Å². The Balaban J connectivity index is 2.27. The van der Waals surface area contributed by atoms with E-state index in [4.69, 9.17) is 10.5 Å². The predicted molar refractivity (Wildman–Crippen MR) is 75.2 cm³/mol. The van der Waals surface area contributed by atoms with Crippen LogP contribution in [0.2, 0.25) is 0 Å². The maximum Gasteiger partial charge on any atom is 0.414 e. The molecule has 2 rings (SSSR count). The highest BCUT2D eigenvalue weighted by Crippen LogP contribution is 2.36. The Morgan fingerprint density at radius 3 is 2.83 bits per heavy atom. The van der Waals surface area contributed by atoms with Gasteiger partial charge in [-0.2, -0.15) is 0 Å². The van der Waals surface area contributed by atoms with Crippen molar-refractivity contribution in [1.29, 1.82) is 0 Å². The number of carbonyl (C=O) groups is 1. The molecule has 0 aromatic heterocycles. The summed E-state index contributed by atoms with van der Waals surface area (Å²) < 4.78 is 5.41. The van der Waals surface area contributed by atoms with Gasteiger partial charge < -0.3 is 10.5 Å². The molecule has 0 radical (unpaired) electrons. The van der Waals surface area contributed by atoms with Crippen LogP contribution in [0.4, 0.5) is 16.2 Å². The maximum atomic E-state index is 12.1. The topological polar surface area (TPSA) is 55.6 Å². The first kappa shape index (κ1) is 13.1. The first-order valence-electron chi connectivity index (χ1n) is 5.90. The molecule has 0 saturated carbocycles. The minimum Gasteiger partial charge on any atom is -0.443 e. The molecular weight excluding hydrogens is 248 g/mol. The summed E-state index contributed by atoms with van der Waals surface area (Å²) in [5, 5.41) is 0. The average molecular weight is 266 g/mol. The Morgan fingerprint density at radius 2 is 2.17 bits per heavy atom. The molecule has 0 saturated heterocycles. The lowest BCUT2D eigenvalue weighted by atomic mass is 10.2. The number of thioether (sulfide) groups is 1. The number of carbonyl (C=O) groups excluding carboxylic acids is 1. The second-order valence-corrected chi connectivity index (χ2v) is 6.34. The minimum absolute atomic E-state index is 0.311. The molecular formula is C13H18N2O2S. The predicted octanol–water partition coefficient (Wildman–Crippen LogP) is 3.12. The normalized spacial score (nSPS) is 15.2. The molecule has 2 N–H and O–H groups in total. The molecule has 0 atom stereocenters. The van der Waals surface area contributed by atoms with E-state index >= 15 is 0 Å². The number of nitrogens with two attached hydrogens (primary N) is 1. The standard InChI is InChI=1S/C13H18N2O2S/c1-13(2,3)17-12(16)15-6-7-18-11-5-4-9(14)8-10(11)15/h4-5,8H,6-7,14H2,1-3H3. The van der Waals surface area contributed by atoms with Gasteiger partial charge in [0.2, 0.25) is 0 Å². The van der Waals surface area contributed by atoms with Gasteiger partial charge in [-0.3, -0.25) is 4.90 Å². The lowest BCUT2D eigenvalue weighted by Gasteiger charge is -2.31. The van der Waals surface area contributed by atoms with Crippen LogP contribution >= 0.6 is 11.8 Å². The smallest absolute Gasteiger partial charge is 0.414 e. The largest absolute Gasteiger partial charge is 0.443 e. The molecule has 0 fully saturated rings. The maximum absolute atomic E-state index is 12.1. The second kappa shape index (κ2) is 4.72. The zero-order valence-corrected chi connectivity index (χ0v) is 11.7. The number of hydrogen-bond acceptors (Lipinski definition) is 4. The summed E-state index contributed by atoms with van der Waals surface area (Å²) >= 11 is 1.73. The van der Waals surface area contributed by atoms with Crippen LogP contribution in [-0.4, -0.2) is 24.0 Å². The van der Waals surface area contributed by atoms with E-state index in [-0.39, 0.29) is 6.09 Å². The molecule has 0 aliphatic carbocycles. The van der Waals surface area contributed by atoms with E-state index in [1.54, 1.807) is 16.7 Å². The number of nitrogen functional groups attached to an aromatic ring is 1. The molecule has 0 unspecified atom stereocenters. The van der Waals surface area contributed by atoms with E-state index in [0.717, 1.165) is 16.3 Å². The van der Waals surface area contributed by atoms with Crippen molar-refractivity contribution in [3.8, 4) is 0 Å². The van der Waals surface area contributed by atoms with Gasteiger partial charge in [-0.05, 0) is 39.0 Å². The van der Waals surface area contributed by atoms with Gasteiger partial charge in [0.25, 0.3) is 0 Å². The summed E-state index contributed by atoms with van der Waals surface area (Å²) in [7, 11) is 0. The molecule has 1 aromatic carbocycles. The Kier molecular flexibility index (Phi) is 3.43. The van der Waals surface area contributed by atoms with Gasteiger partial charge in [-0.25, -0.2) is 4.79 Å². The highest BCUT2D eigenvalue weighted by atomic mass is 32.2. The summed E-state index contributed by atoms with van der Waals surface area (Å²) in [4.78, 5) is 14.9. The molecule has 1 heterocycles. The van der Waals surface area contributed by atoms with Crippen LogP contribution in [0.3, 0.4) is 0 Å². The third-order valence-electron chi connectivity index (χ3n) is 2.46. The Bertz CT molecular complexity index is 469. The highest BCUT2D eigenvalue weighted by molar-refractivity contribution is 7.99. The zero-order valence-electron chi connectivity index (χ0n) is 10.9. The summed E-state index contributed by atoms with van der Waals surface area (Å²) in [6.45, 7) is 6.24. The second-order valence-electron chi connectivity index (χ2n) is 5.21. The summed E-state index contributed by atoms with van der Waals surface area (Å²) in [6.07, 6.45) is -0.311. The van der Waals surface area contributed by atoms with E-state index in [2.05, 4.69) is 0 Å². The number of hydrogen-bond donors (Lipinski definition) is 1. The molecule has 0 bridgehead atoms. The van der Waals surface area contributed by atoms with Gasteiger partial charge in [-0.15, -0.1) is 11.8 Å². The van der Waals surface area contributed by atoms with Crippen molar-refractivity contribution >= 4 is 29.2 Å². The molecule has 4 nitrogen and oxygen atoms in total. The van der Waals surface area contributed by atoms with Crippen LogP contribution in [0, 0.1) is 0 Å². The minimum atomic E-state index is -0.484. The van der Waals surface area contributed by atoms with Gasteiger partial charge in [-0.1, -0.05) is 0 Å². The van der Waals surface area contributed by atoms with Crippen molar-refractivity contribution in [3.05, 3.63) is 18.2 Å². The first-order chi connectivity index (χ1) is 8.37. The van der Waals surface area contributed by atoms with Crippen LogP contribution in [0.1, 0.15) is 20.8 Å². The van der Waals surface area contributed by atoms with Gasteiger partial charge in [0.05, 0.1) is 5.69 Å². The fraction of sp³-hybridized carbons (Fsp3) is 0.462. The zero-order chi connectivity index (χ0) is 13.3. The van der Waals surface area contributed by atoms with Crippen molar-refractivity contribution in [1.82, 2.24) is 0 Å². The molecule has 5 heteroatoms. The first-order valence-corrected chi connectivity index (χ1v) is 6.88. The van der Waals surface area contributed by atoms with Gasteiger partial charge in [0.15, 0.2) is 0 Å². The molecule has 18 heavy (non-hydrogen) atoms. The number of fused-ring (bicyclic) bond motifs is 1. The molecule has 1 aromatic rings. The lowest BCUT2D eigenvalue weighted by Crippen LogP contribution is -2.39. The Hall–Kier alpha value is -1.36.